The van der Waals surface area contributed by atoms with Crippen LogP contribution in [0.15, 0.2) is 6.07 Å². The lowest BCUT2D eigenvalue weighted by molar-refractivity contribution is -0.291. The highest BCUT2D eigenvalue weighted by molar-refractivity contribution is 7.14. The van der Waals surface area contributed by atoms with Gasteiger partial charge in [-0.1, -0.05) is 6.42 Å². The third-order valence-electron chi connectivity index (χ3n) is 5.99. The van der Waals surface area contributed by atoms with Crippen LogP contribution in [0.4, 0.5) is 13.2 Å². The highest BCUT2D eigenvalue weighted by atomic mass is 32.1. The van der Waals surface area contributed by atoms with Crippen LogP contribution < -0.4 is 10.6 Å². The van der Waals surface area contributed by atoms with Crippen LogP contribution in [-0.4, -0.2) is 25.2 Å². The molecule has 4 rings (SSSR count). The molecule has 3 aliphatic rings. The summed E-state index contributed by atoms with van der Waals surface area (Å²) in [5.74, 6) is -0.368. The molecule has 1 aromatic rings. The molecule has 2 heterocycles. The monoisotopic (exact) mass is 358 g/mol. The minimum atomic E-state index is -4.25. The average molecular weight is 358 g/mol. The fraction of sp³-hybridized carbons (Fsp3) is 0.706. The lowest BCUT2D eigenvalue weighted by atomic mass is 9.45. The number of carbonyl (C=O) groups excluding carboxylic acids is 1. The van der Waals surface area contributed by atoms with Crippen LogP contribution >= 0.6 is 11.3 Å². The van der Waals surface area contributed by atoms with Crippen molar-refractivity contribution in [1.82, 2.24) is 10.6 Å². The molecule has 3 nitrogen and oxygen atoms in total. The summed E-state index contributed by atoms with van der Waals surface area (Å²) in [5, 5.41) is 5.81. The van der Waals surface area contributed by atoms with E-state index in [0.717, 1.165) is 44.3 Å². The number of carbonyl (C=O) groups is 1. The minimum absolute atomic E-state index is 0.0893. The molecule has 1 spiro atoms. The zero-order valence-corrected chi connectivity index (χ0v) is 14.2. The molecule has 0 unspecified atom stereocenters. The van der Waals surface area contributed by atoms with Crippen molar-refractivity contribution in [3.8, 4) is 0 Å². The number of hydrogen-bond acceptors (Lipinski definition) is 3. The third-order valence-corrected chi connectivity index (χ3v) is 7.23. The van der Waals surface area contributed by atoms with E-state index >= 15 is 0 Å². The van der Waals surface area contributed by atoms with E-state index in [4.69, 9.17) is 0 Å². The highest BCUT2D eigenvalue weighted by Gasteiger charge is 2.68. The summed E-state index contributed by atoms with van der Waals surface area (Å²) in [6.07, 6.45) is -0.173. The molecule has 0 aromatic carbocycles. The summed E-state index contributed by atoms with van der Waals surface area (Å²) in [7, 11) is 0. The molecule has 0 atom stereocenters. The number of alkyl halides is 3. The van der Waals surface area contributed by atoms with Crippen molar-refractivity contribution in [3.05, 3.63) is 21.4 Å². The number of rotatable bonds is 3. The van der Waals surface area contributed by atoms with Gasteiger partial charge >= 0.3 is 6.18 Å². The van der Waals surface area contributed by atoms with Crippen molar-refractivity contribution in [1.29, 1.82) is 0 Å². The van der Waals surface area contributed by atoms with E-state index in [-0.39, 0.29) is 30.7 Å². The summed E-state index contributed by atoms with van der Waals surface area (Å²) in [6.45, 7) is 1.32. The van der Waals surface area contributed by atoms with Crippen LogP contribution in [-0.2, 0) is 13.0 Å². The Morgan fingerprint density at radius 1 is 1.33 bits per heavy atom. The summed E-state index contributed by atoms with van der Waals surface area (Å²) in [5.41, 5.74) is -0.714. The van der Waals surface area contributed by atoms with Crippen LogP contribution in [0.3, 0.4) is 0 Å². The first-order valence-electron chi connectivity index (χ1n) is 8.50. The van der Waals surface area contributed by atoms with E-state index in [2.05, 4.69) is 10.6 Å². The Kier molecular flexibility index (Phi) is 3.73. The normalized spacial score (nSPS) is 24.0. The zero-order chi connectivity index (χ0) is 17.0. The van der Waals surface area contributed by atoms with Crippen molar-refractivity contribution in [2.45, 2.75) is 51.2 Å². The van der Waals surface area contributed by atoms with Crippen molar-refractivity contribution in [2.24, 2.45) is 10.8 Å². The predicted octanol–water partition coefficient (Wildman–Crippen LogP) is 3.64. The van der Waals surface area contributed by atoms with Gasteiger partial charge in [0.2, 0.25) is 0 Å². The Labute approximate surface area is 143 Å². The summed E-state index contributed by atoms with van der Waals surface area (Å²) in [4.78, 5) is 14.0. The second kappa shape index (κ2) is 5.46. The Balaban J connectivity index is 1.43. The molecule has 1 aromatic heterocycles. The van der Waals surface area contributed by atoms with Gasteiger partial charge in [-0.05, 0) is 49.1 Å². The Bertz CT molecular complexity index is 632. The molecule has 2 aliphatic carbocycles. The Hall–Kier alpha value is -1.08. The number of hydrogen-bond donors (Lipinski definition) is 2. The van der Waals surface area contributed by atoms with Gasteiger partial charge in [0, 0.05) is 24.5 Å². The number of thiophene rings is 1. The first-order valence-corrected chi connectivity index (χ1v) is 9.32. The molecule has 2 N–H and O–H groups in total. The second-order valence-corrected chi connectivity index (χ2v) is 8.79. The highest BCUT2D eigenvalue weighted by Crippen LogP contribution is 2.68. The van der Waals surface area contributed by atoms with Gasteiger partial charge < -0.3 is 10.6 Å². The summed E-state index contributed by atoms with van der Waals surface area (Å²) in [6, 6.07) is 1.82. The van der Waals surface area contributed by atoms with Crippen molar-refractivity contribution in [2.75, 3.05) is 13.1 Å². The maximum absolute atomic E-state index is 13.5. The van der Waals surface area contributed by atoms with Crippen molar-refractivity contribution < 1.29 is 18.0 Å². The van der Waals surface area contributed by atoms with Crippen molar-refractivity contribution >= 4 is 17.2 Å². The van der Waals surface area contributed by atoms with Gasteiger partial charge in [-0.3, -0.25) is 4.79 Å². The second-order valence-electron chi connectivity index (χ2n) is 7.65. The molecule has 2 fully saturated rings. The topological polar surface area (TPSA) is 41.1 Å². The van der Waals surface area contributed by atoms with Crippen LogP contribution in [0.25, 0.3) is 0 Å². The lowest BCUT2D eigenvalue weighted by Crippen LogP contribution is -2.61. The molecule has 0 saturated heterocycles. The minimum Gasteiger partial charge on any atom is -0.350 e. The first-order chi connectivity index (χ1) is 11.3. The number of amides is 1. The van der Waals surface area contributed by atoms with E-state index in [1.165, 1.54) is 16.2 Å². The van der Waals surface area contributed by atoms with Crippen LogP contribution in [0.5, 0.6) is 0 Å². The molecule has 1 amide bonds. The molecule has 1 aliphatic heterocycles. The molecule has 132 valence electrons. The fourth-order valence-corrected chi connectivity index (χ4v) is 5.64. The lowest BCUT2D eigenvalue weighted by Gasteiger charge is -2.61. The average Bonchev–Trinajstić information content (AvgIpc) is 2.86. The van der Waals surface area contributed by atoms with E-state index in [1.807, 2.05) is 6.07 Å². The van der Waals surface area contributed by atoms with Gasteiger partial charge in [0.1, 0.15) is 0 Å². The third kappa shape index (κ3) is 2.56. The van der Waals surface area contributed by atoms with Gasteiger partial charge in [0.15, 0.2) is 0 Å². The first kappa shape index (κ1) is 16.4. The summed E-state index contributed by atoms with van der Waals surface area (Å²) < 4.78 is 40.6. The number of halogens is 3. The maximum atomic E-state index is 13.5. The number of fused-ring (bicyclic) bond motifs is 1. The zero-order valence-electron chi connectivity index (χ0n) is 13.4. The van der Waals surface area contributed by atoms with Crippen LogP contribution in [0.2, 0.25) is 0 Å². The molecular weight excluding hydrogens is 337 g/mol. The molecule has 0 bridgehead atoms. The molecule has 2 saturated carbocycles. The fourth-order valence-electron chi connectivity index (χ4n) is 4.54. The Morgan fingerprint density at radius 2 is 2.08 bits per heavy atom. The SMILES string of the molecule is O=C(NCC1(C(F)(F)F)CC2(CCC2)C1)c1cc2c(s1)CCNC2. The van der Waals surface area contributed by atoms with Gasteiger partial charge in [-0.2, -0.15) is 13.2 Å². The van der Waals surface area contributed by atoms with Gasteiger partial charge in [-0.15, -0.1) is 11.3 Å². The quantitative estimate of drug-likeness (QED) is 0.866. The maximum Gasteiger partial charge on any atom is 0.396 e. The van der Waals surface area contributed by atoms with Crippen LogP contribution in [0.1, 0.15) is 52.2 Å². The van der Waals surface area contributed by atoms with E-state index in [9.17, 15) is 18.0 Å². The van der Waals surface area contributed by atoms with Gasteiger partial charge in [0.05, 0.1) is 10.3 Å². The summed E-state index contributed by atoms with van der Waals surface area (Å²) >= 11 is 1.41. The largest absolute Gasteiger partial charge is 0.396 e. The predicted molar refractivity (Wildman–Crippen MR) is 86.1 cm³/mol. The smallest absolute Gasteiger partial charge is 0.350 e. The van der Waals surface area contributed by atoms with Gasteiger partial charge in [-0.25, -0.2) is 0 Å². The van der Waals surface area contributed by atoms with E-state index < -0.39 is 11.6 Å². The van der Waals surface area contributed by atoms with Crippen LogP contribution in [0, 0.1) is 10.8 Å². The van der Waals surface area contributed by atoms with Crippen molar-refractivity contribution in [3.63, 3.8) is 0 Å². The standard InChI is InChI=1S/C17H21F3N2OS/c18-17(19,20)16(8-15(9-16)3-1-4-15)10-22-14(23)13-6-11-7-21-5-2-12(11)24-13/h6,21H,1-5,7-10H2,(H,22,23). The number of nitrogens with one attached hydrogen (secondary N) is 2. The molecule has 0 radical (unpaired) electrons. The molecule has 24 heavy (non-hydrogen) atoms. The molecule has 7 heteroatoms. The van der Waals surface area contributed by atoms with E-state index in [1.54, 1.807) is 0 Å². The molecular formula is C17H21F3N2OS. The Morgan fingerprint density at radius 3 is 2.67 bits per heavy atom. The van der Waals surface area contributed by atoms with Gasteiger partial charge in [0.25, 0.3) is 5.91 Å². The van der Waals surface area contributed by atoms with E-state index in [0.29, 0.717) is 4.88 Å².